The molecule has 4 aromatic rings. The van der Waals surface area contributed by atoms with E-state index in [1.165, 1.54) is 0 Å². The molecule has 0 radical (unpaired) electrons. The molecule has 0 saturated heterocycles. The van der Waals surface area contributed by atoms with Gasteiger partial charge in [-0.05, 0) is 24.3 Å². The molecule has 3 aromatic heterocycles. The number of fused-ring (bicyclic) bond motifs is 3. The fourth-order valence-electron chi connectivity index (χ4n) is 2.41. The van der Waals surface area contributed by atoms with E-state index < -0.39 is 0 Å². The van der Waals surface area contributed by atoms with Gasteiger partial charge >= 0.3 is 0 Å². The number of rotatable bonds is 1. The van der Waals surface area contributed by atoms with Crippen molar-refractivity contribution in [1.82, 2.24) is 29.4 Å². The molecule has 0 aliphatic rings. The molecule has 116 valence electrons. The SMILES string of the molecule is CC(C)(C)c1nc2c3cnn(-c4ccc(Cl)cc4)c3ncn2n1. The van der Waals surface area contributed by atoms with Gasteiger partial charge in [0, 0.05) is 10.4 Å². The normalized spacial score (nSPS) is 12.3. The second kappa shape index (κ2) is 4.76. The Morgan fingerprint density at radius 1 is 1.04 bits per heavy atom. The van der Waals surface area contributed by atoms with Crippen LogP contribution in [0.2, 0.25) is 5.02 Å². The van der Waals surface area contributed by atoms with E-state index in [4.69, 9.17) is 11.6 Å². The standard InChI is InChI=1S/C16H15ClN6/c1-16(2,3)15-20-14-12-8-19-23(11-6-4-10(17)5-7-11)13(12)18-9-22(14)21-15/h4-9H,1-3H3. The molecule has 0 unspecified atom stereocenters. The molecule has 0 atom stereocenters. The van der Waals surface area contributed by atoms with Crippen LogP contribution in [0, 0.1) is 0 Å². The molecule has 4 rings (SSSR count). The van der Waals surface area contributed by atoms with Crippen molar-refractivity contribution in [2.75, 3.05) is 0 Å². The molecule has 0 spiro atoms. The zero-order valence-corrected chi connectivity index (χ0v) is 13.8. The summed E-state index contributed by atoms with van der Waals surface area (Å²) >= 11 is 5.95. The van der Waals surface area contributed by atoms with Crippen LogP contribution in [0.3, 0.4) is 0 Å². The van der Waals surface area contributed by atoms with Gasteiger partial charge in [0.05, 0.1) is 17.3 Å². The Labute approximate surface area is 137 Å². The van der Waals surface area contributed by atoms with Gasteiger partial charge in [0.15, 0.2) is 17.1 Å². The minimum absolute atomic E-state index is 0.121. The van der Waals surface area contributed by atoms with Crippen LogP contribution in [0.25, 0.3) is 22.4 Å². The zero-order valence-electron chi connectivity index (χ0n) is 13.0. The first kappa shape index (κ1) is 14.1. The molecule has 0 fully saturated rings. The number of hydrogen-bond donors (Lipinski definition) is 0. The van der Waals surface area contributed by atoms with E-state index in [-0.39, 0.29) is 5.41 Å². The third kappa shape index (κ3) is 2.26. The molecule has 0 amide bonds. The highest BCUT2D eigenvalue weighted by Gasteiger charge is 2.21. The van der Waals surface area contributed by atoms with E-state index in [0.29, 0.717) is 5.02 Å². The first-order valence-corrected chi connectivity index (χ1v) is 7.67. The first-order valence-electron chi connectivity index (χ1n) is 7.29. The summed E-state index contributed by atoms with van der Waals surface area (Å²) in [5.74, 6) is 0.783. The van der Waals surface area contributed by atoms with Gasteiger partial charge in [0.1, 0.15) is 6.33 Å². The predicted octanol–water partition coefficient (Wildman–Crippen LogP) is 3.41. The van der Waals surface area contributed by atoms with Crippen molar-refractivity contribution in [2.24, 2.45) is 0 Å². The van der Waals surface area contributed by atoms with Crippen LogP contribution in [-0.2, 0) is 5.41 Å². The summed E-state index contributed by atoms with van der Waals surface area (Å²) in [6.07, 6.45) is 3.45. The van der Waals surface area contributed by atoms with Crippen molar-refractivity contribution in [3.63, 3.8) is 0 Å². The lowest BCUT2D eigenvalue weighted by Crippen LogP contribution is -2.13. The van der Waals surface area contributed by atoms with E-state index in [2.05, 4.69) is 40.9 Å². The highest BCUT2D eigenvalue weighted by atomic mass is 35.5. The molecule has 0 saturated carbocycles. The first-order chi connectivity index (χ1) is 10.9. The molecule has 0 aliphatic carbocycles. The fourth-order valence-corrected chi connectivity index (χ4v) is 2.54. The number of hydrogen-bond acceptors (Lipinski definition) is 4. The summed E-state index contributed by atoms with van der Waals surface area (Å²) in [7, 11) is 0. The third-order valence-electron chi connectivity index (χ3n) is 3.65. The average molecular weight is 327 g/mol. The van der Waals surface area contributed by atoms with Crippen molar-refractivity contribution in [2.45, 2.75) is 26.2 Å². The number of benzene rings is 1. The van der Waals surface area contributed by atoms with Crippen molar-refractivity contribution >= 4 is 28.3 Å². The summed E-state index contributed by atoms with van der Waals surface area (Å²) in [5.41, 5.74) is 2.29. The van der Waals surface area contributed by atoms with Gasteiger partial charge in [-0.2, -0.15) is 5.10 Å². The van der Waals surface area contributed by atoms with Crippen molar-refractivity contribution in [1.29, 1.82) is 0 Å². The molecular formula is C16H15ClN6. The quantitative estimate of drug-likeness (QED) is 0.538. The van der Waals surface area contributed by atoms with E-state index in [0.717, 1.165) is 28.2 Å². The van der Waals surface area contributed by atoms with Crippen molar-refractivity contribution < 1.29 is 0 Å². The lowest BCUT2D eigenvalue weighted by atomic mass is 9.96. The van der Waals surface area contributed by atoms with Gasteiger partial charge in [-0.15, -0.1) is 5.10 Å². The predicted molar refractivity (Wildman–Crippen MR) is 89.1 cm³/mol. The van der Waals surface area contributed by atoms with E-state index >= 15 is 0 Å². The van der Waals surface area contributed by atoms with E-state index in [1.54, 1.807) is 21.7 Å². The smallest absolute Gasteiger partial charge is 0.170 e. The summed E-state index contributed by atoms with van der Waals surface area (Å²) in [5, 5.41) is 10.5. The van der Waals surface area contributed by atoms with Gasteiger partial charge in [-0.1, -0.05) is 32.4 Å². The highest BCUT2D eigenvalue weighted by Crippen LogP contribution is 2.24. The highest BCUT2D eigenvalue weighted by molar-refractivity contribution is 6.30. The molecule has 6 nitrogen and oxygen atoms in total. The van der Waals surface area contributed by atoms with Crippen LogP contribution < -0.4 is 0 Å². The fraction of sp³-hybridized carbons (Fsp3) is 0.250. The number of halogens is 1. The Kier molecular flexibility index (Phi) is 2.93. The zero-order chi connectivity index (χ0) is 16.2. The van der Waals surface area contributed by atoms with Crippen LogP contribution in [0.4, 0.5) is 0 Å². The van der Waals surface area contributed by atoms with Crippen LogP contribution in [-0.4, -0.2) is 29.4 Å². The van der Waals surface area contributed by atoms with Crippen LogP contribution in [0.15, 0.2) is 36.8 Å². The minimum atomic E-state index is -0.121. The summed E-state index contributed by atoms with van der Waals surface area (Å²) in [6.45, 7) is 6.26. The van der Waals surface area contributed by atoms with Gasteiger partial charge in [-0.3, -0.25) is 0 Å². The van der Waals surface area contributed by atoms with Crippen LogP contribution in [0.5, 0.6) is 0 Å². The Morgan fingerprint density at radius 3 is 2.48 bits per heavy atom. The van der Waals surface area contributed by atoms with Gasteiger partial charge in [-0.25, -0.2) is 19.2 Å². The number of aromatic nitrogens is 6. The molecule has 23 heavy (non-hydrogen) atoms. The lowest BCUT2D eigenvalue weighted by molar-refractivity contribution is 0.545. The van der Waals surface area contributed by atoms with Crippen LogP contribution >= 0.6 is 11.6 Å². The van der Waals surface area contributed by atoms with Crippen LogP contribution in [0.1, 0.15) is 26.6 Å². The average Bonchev–Trinajstić information content (AvgIpc) is 3.10. The summed E-state index contributed by atoms with van der Waals surface area (Å²) < 4.78 is 3.48. The van der Waals surface area contributed by atoms with Crippen molar-refractivity contribution in [3.05, 3.63) is 47.6 Å². The Hall–Kier alpha value is -2.47. The molecule has 0 aliphatic heterocycles. The molecule has 3 heterocycles. The Balaban J connectivity index is 1.95. The largest absolute Gasteiger partial charge is 0.216 e. The monoisotopic (exact) mass is 326 g/mol. The lowest BCUT2D eigenvalue weighted by Gasteiger charge is -2.11. The molecular weight excluding hydrogens is 312 g/mol. The van der Waals surface area contributed by atoms with Gasteiger partial charge in [0.2, 0.25) is 0 Å². The molecule has 1 aromatic carbocycles. The third-order valence-corrected chi connectivity index (χ3v) is 3.90. The maximum absolute atomic E-state index is 5.95. The van der Waals surface area contributed by atoms with E-state index in [1.807, 2.05) is 24.3 Å². The van der Waals surface area contributed by atoms with E-state index in [9.17, 15) is 0 Å². The van der Waals surface area contributed by atoms with Gasteiger partial charge in [0.25, 0.3) is 0 Å². The molecule has 7 heteroatoms. The second-order valence-corrected chi connectivity index (χ2v) is 6.90. The summed E-state index contributed by atoms with van der Waals surface area (Å²) in [4.78, 5) is 9.16. The van der Waals surface area contributed by atoms with Crippen molar-refractivity contribution in [3.8, 4) is 5.69 Å². The Bertz CT molecular complexity index is 1010. The van der Waals surface area contributed by atoms with Gasteiger partial charge < -0.3 is 0 Å². The molecule has 0 bridgehead atoms. The number of nitrogens with zero attached hydrogens (tertiary/aromatic N) is 6. The maximum atomic E-state index is 5.95. The summed E-state index contributed by atoms with van der Waals surface area (Å²) in [6, 6.07) is 7.48. The Morgan fingerprint density at radius 2 is 1.78 bits per heavy atom. The maximum Gasteiger partial charge on any atom is 0.170 e. The topological polar surface area (TPSA) is 60.9 Å². The molecule has 0 N–H and O–H groups in total. The minimum Gasteiger partial charge on any atom is -0.216 e. The second-order valence-electron chi connectivity index (χ2n) is 6.47.